The van der Waals surface area contributed by atoms with Gasteiger partial charge in [0.25, 0.3) is 0 Å². The number of nitrogens with zero attached hydrogens (tertiary/aromatic N) is 3. The molecule has 1 amide bonds. The molecular weight excluding hydrogens is 424 g/mol. The molecule has 0 fully saturated rings. The number of rotatable bonds is 6. The van der Waals surface area contributed by atoms with Crippen LogP contribution in [0.3, 0.4) is 0 Å². The molecule has 0 aliphatic carbocycles. The molecular formula is C24H24N4OS2. The second-order valence-electron chi connectivity index (χ2n) is 7.46. The van der Waals surface area contributed by atoms with Crippen LogP contribution in [0.15, 0.2) is 59.1 Å². The highest BCUT2D eigenvalue weighted by Gasteiger charge is 2.19. The van der Waals surface area contributed by atoms with E-state index in [1.54, 1.807) is 11.3 Å². The summed E-state index contributed by atoms with van der Waals surface area (Å²) in [5, 5.41) is 14.6. The van der Waals surface area contributed by atoms with Crippen molar-refractivity contribution in [3.63, 3.8) is 0 Å². The van der Waals surface area contributed by atoms with E-state index in [4.69, 9.17) is 0 Å². The van der Waals surface area contributed by atoms with Gasteiger partial charge in [-0.1, -0.05) is 59.8 Å². The lowest BCUT2D eigenvalue weighted by Crippen LogP contribution is -2.15. The van der Waals surface area contributed by atoms with E-state index in [0.29, 0.717) is 5.16 Å². The monoisotopic (exact) mass is 448 g/mol. The topological polar surface area (TPSA) is 59.8 Å². The highest BCUT2D eigenvalue weighted by Crippen LogP contribution is 2.38. The number of amides is 1. The first-order valence-electron chi connectivity index (χ1n) is 9.97. The average molecular weight is 449 g/mol. The number of thiophene rings is 1. The summed E-state index contributed by atoms with van der Waals surface area (Å²) in [5.74, 6) is 1.02. The molecule has 0 atom stereocenters. The lowest BCUT2D eigenvalue weighted by molar-refractivity contribution is -0.113. The summed E-state index contributed by atoms with van der Waals surface area (Å²) in [6.45, 7) is 6.20. The standard InChI is InChI=1S/C24H24N4OS2/c1-15-9-11-18(12-10-15)22-17(3)30-13-19(22)23-26-27-24(28(23)4)31-14-21(29)25-20-8-6-5-7-16(20)2/h5-13H,14H2,1-4H3,(H,25,29). The first-order valence-corrected chi connectivity index (χ1v) is 11.8. The molecule has 4 rings (SSSR count). The summed E-state index contributed by atoms with van der Waals surface area (Å²) in [6, 6.07) is 16.3. The van der Waals surface area contributed by atoms with Crippen LogP contribution in [0.1, 0.15) is 16.0 Å². The first kappa shape index (κ1) is 21.3. The van der Waals surface area contributed by atoms with Gasteiger partial charge >= 0.3 is 0 Å². The van der Waals surface area contributed by atoms with Crippen LogP contribution >= 0.6 is 23.1 Å². The molecule has 2 aromatic heterocycles. The molecule has 0 bridgehead atoms. The van der Waals surface area contributed by atoms with Crippen molar-refractivity contribution in [2.24, 2.45) is 7.05 Å². The van der Waals surface area contributed by atoms with E-state index in [-0.39, 0.29) is 11.7 Å². The molecule has 0 radical (unpaired) electrons. The van der Waals surface area contributed by atoms with E-state index in [1.807, 2.05) is 42.8 Å². The first-order chi connectivity index (χ1) is 14.9. The van der Waals surface area contributed by atoms with Crippen LogP contribution in [0.2, 0.25) is 0 Å². The van der Waals surface area contributed by atoms with Gasteiger partial charge in [0.2, 0.25) is 5.91 Å². The number of carbonyl (C=O) groups excluding carboxylic acids is 1. The predicted octanol–water partition coefficient (Wildman–Crippen LogP) is 5.87. The van der Waals surface area contributed by atoms with Crippen LogP contribution in [0.25, 0.3) is 22.5 Å². The Kier molecular flexibility index (Phi) is 6.25. The summed E-state index contributed by atoms with van der Waals surface area (Å²) in [5.41, 5.74) is 6.54. The second-order valence-corrected chi connectivity index (χ2v) is 9.49. The van der Waals surface area contributed by atoms with Crippen molar-refractivity contribution in [1.29, 1.82) is 0 Å². The number of para-hydroxylation sites is 1. The highest BCUT2D eigenvalue weighted by molar-refractivity contribution is 7.99. The molecule has 31 heavy (non-hydrogen) atoms. The quantitative estimate of drug-likeness (QED) is 0.375. The van der Waals surface area contributed by atoms with E-state index in [1.165, 1.54) is 33.3 Å². The van der Waals surface area contributed by atoms with Gasteiger partial charge in [-0.15, -0.1) is 21.5 Å². The molecule has 0 saturated carbocycles. The molecule has 2 heterocycles. The van der Waals surface area contributed by atoms with Crippen LogP contribution in [0.5, 0.6) is 0 Å². The maximum Gasteiger partial charge on any atom is 0.234 e. The predicted molar refractivity (Wildman–Crippen MR) is 130 cm³/mol. The summed E-state index contributed by atoms with van der Waals surface area (Å²) in [7, 11) is 1.95. The molecule has 5 nitrogen and oxygen atoms in total. The number of thioether (sulfide) groups is 1. The Morgan fingerprint density at radius 2 is 1.81 bits per heavy atom. The Bertz CT molecular complexity index is 1220. The third-order valence-corrected chi connectivity index (χ3v) is 7.07. The van der Waals surface area contributed by atoms with Crippen molar-refractivity contribution in [3.8, 4) is 22.5 Å². The molecule has 0 aliphatic heterocycles. The normalized spacial score (nSPS) is 11.0. The smallest absolute Gasteiger partial charge is 0.234 e. The number of hydrogen-bond acceptors (Lipinski definition) is 5. The summed E-state index contributed by atoms with van der Waals surface area (Å²) >= 11 is 3.10. The fourth-order valence-corrected chi connectivity index (χ4v) is 4.98. The number of aromatic nitrogens is 3. The molecule has 0 aliphatic rings. The fourth-order valence-electron chi connectivity index (χ4n) is 3.40. The van der Waals surface area contributed by atoms with Crippen molar-refractivity contribution in [2.75, 3.05) is 11.1 Å². The van der Waals surface area contributed by atoms with Gasteiger partial charge in [0.15, 0.2) is 11.0 Å². The van der Waals surface area contributed by atoms with Crippen LogP contribution < -0.4 is 5.32 Å². The van der Waals surface area contributed by atoms with Crippen molar-refractivity contribution >= 4 is 34.7 Å². The second kappa shape index (κ2) is 9.08. The highest BCUT2D eigenvalue weighted by atomic mass is 32.2. The molecule has 158 valence electrons. The summed E-state index contributed by atoms with van der Waals surface area (Å²) in [4.78, 5) is 13.7. The minimum Gasteiger partial charge on any atom is -0.325 e. The average Bonchev–Trinajstić information content (AvgIpc) is 3.31. The van der Waals surface area contributed by atoms with Gasteiger partial charge in [0, 0.05) is 34.1 Å². The maximum atomic E-state index is 12.4. The Morgan fingerprint density at radius 3 is 2.55 bits per heavy atom. The third-order valence-electron chi connectivity index (χ3n) is 5.14. The molecule has 1 N–H and O–H groups in total. The Labute approximate surface area is 190 Å². The Hall–Kier alpha value is -2.90. The van der Waals surface area contributed by atoms with Gasteiger partial charge in [0.1, 0.15) is 0 Å². The van der Waals surface area contributed by atoms with E-state index in [2.05, 4.69) is 59.0 Å². The molecule has 0 spiro atoms. The molecule has 0 unspecified atom stereocenters. The minimum atomic E-state index is -0.0597. The largest absolute Gasteiger partial charge is 0.325 e. The van der Waals surface area contributed by atoms with E-state index < -0.39 is 0 Å². The van der Waals surface area contributed by atoms with Gasteiger partial charge in [0.05, 0.1) is 5.75 Å². The zero-order valence-corrected chi connectivity index (χ0v) is 19.6. The van der Waals surface area contributed by atoms with Crippen LogP contribution in [0, 0.1) is 20.8 Å². The fraction of sp³-hybridized carbons (Fsp3) is 0.208. The van der Waals surface area contributed by atoms with Gasteiger partial charge in [-0.05, 0) is 38.0 Å². The lowest BCUT2D eigenvalue weighted by Gasteiger charge is -2.09. The van der Waals surface area contributed by atoms with Gasteiger partial charge < -0.3 is 9.88 Å². The lowest BCUT2D eigenvalue weighted by atomic mass is 10.0. The zero-order valence-electron chi connectivity index (χ0n) is 18.0. The van der Waals surface area contributed by atoms with Gasteiger partial charge in [-0.25, -0.2) is 0 Å². The van der Waals surface area contributed by atoms with Crippen molar-refractivity contribution < 1.29 is 4.79 Å². The Balaban J connectivity index is 1.52. The van der Waals surface area contributed by atoms with E-state index in [9.17, 15) is 4.79 Å². The van der Waals surface area contributed by atoms with Crippen LogP contribution in [-0.2, 0) is 11.8 Å². The number of nitrogens with one attached hydrogen (secondary N) is 1. The number of benzene rings is 2. The SMILES string of the molecule is Cc1ccc(-c2c(-c3nnc(SCC(=O)Nc4ccccc4C)n3C)csc2C)cc1. The van der Waals surface area contributed by atoms with Crippen LogP contribution in [0.4, 0.5) is 5.69 Å². The van der Waals surface area contributed by atoms with Crippen LogP contribution in [-0.4, -0.2) is 26.4 Å². The number of anilines is 1. The van der Waals surface area contributed by atoms with E-state index in [0.717, 1.165) is 22.6 Å². The molecule has 4 aromatic rings. The van der Waals surface area contributed by atoms with E-state index >= 15 is 0 Å². The Morgan fingerprint density at radius 1 is 1.06 bits per heavy atom. The third kappa shape index (κ3) is 4.57. The summed E-state index contributed by atoms with van der Waals surface area (Å²) < 4.78 is 1.96. The number of carbonyl (C=O) groups is 1. The van der Waals surface area contributed by atoms with Crippen molar-refractivity contribution in [2.45, 2.75) is 25.9 Å². The van der Waals surface area contributed by atoms with Crippen molar-refractivity contribution in [1.82, 2.24) is 14.8 Å². The number of aryl methyl sites for hydroxylation is 3. The van der Waals surface area contributed by atoms with Gasteiger partial charge in [-0.3, -0.25) is 4.79 Å². The van der Waals surface area contributed by atoms with Gasteiger partial charge in [-0.2, -0.15) is 0 Å². The zero-order chi connectivity index (χ0) is 22.0. The molecule has 7 heteroatoms. The number of hydrogen-bond donors (Lipinski definition) is 1. The summed E-state index contributed by atoms with van der Waals surface area (Å²) in [6.07, 6.45) is 0. The van der Waals surface area contributed by atoms with Crippen molar-refractivity contribution in [3.05, 3.63) is 69.9 Å². The molecule has 2 aromatic carbocycles. The maximum absolute atomic E-state index is 12.4. The minimum absolute atomic E-state index is 0.0597. The molecule has 0 saturated heterocycles.